The first-order valence-corrected chi connectivity index (χ1v) is 8.60. The molecule has 0 saturated heterocycles. The summed E-state index contributed by atoms with van der Waals surface area (Å²) >= 11 is 1.43. The number of hydrogen-bond acceptors (Lipinski definition) is 4. The third kappa shape index (κ3) is 6.29. The van der Waals surface area contributed by atoms with Crippen LogP contribution >= 0.6 is 23.7 Å². The standard InChI is InChI=1S/C17H23N3OS.ClH/c1-2-6-14(10-9-13-7-4-3-5-8-13)19-17(21)15-12-22-16(11-18)20-15;/h3-5,7-8,12,14H,2,6,9-11,18H2,1H3,(H,19,21);1H. The van der Waals surface area contributed by atoms with E-state index in [0.717, 1.165) is 30.7 Å². The molecule has 0 aliphatic heterocycles. The molecule has 1 aromatic carbocycles. The van der Waals surface area contributed by atoms with Crippen LogP contribution < -0.4 is 11.1 Å². The predicted molar refractivity (Wildman–Crippen MR) is 98.2 cm³/mol. The summed E-state index contributed by atoms with van der Waals surface area (Å²) in [5.41, 5.74) is 7.32. The van der Waals surface area contributed by atoms with E-state index in [1.54, 1.807) is 5.38 Å². The fourth-order valence-electron chi connectivity index (χ4n) is 2.39. The summed E-state index contributed by atoms with van der Waals surface area (Å²) < 4.78 is 0. The van der Waals surface area contributed by atoms with Crippen LogP contribution in [0.2, 0.25) is 0 Å². The molecule has 1 heterocycles. The molecule has 0 bridgehead atoms. The van der Waals surface area contributed by atoms with Crippen LogP contribution in [0.3, 0.4) is 0 Å². The van der Waals surface area contributed by atoms with Crippen LogP contribution in [-0.4, -0.2) is 16.9 Å². The van der Waals surface area contributed by atoms with E-state index in [1.807, 2.05) is 18.2 Å². The van der Waals surface area contributed by atoms with Gasteiger partial charge in [0.05, 0.1) is 0 Å². The zero-order valence-electron chi connectivity index (χ0n) is 13.3. The minimum Gasteiger partial charge on any atom is -0.348 e. The molecule has 0 aliphatic carbocycles. The van der Waals surface area contributed by atoms with Crippen molar-refractivity contribution in [3.63, 3.8) is 0 Å². The molecular weight excluding hydrogens is 330 g/mol. The van der Waals surface area contributed by atoms with Gasteiger partial charge in [-0.05, 0) is 24.8 Å². The lowest BCUT2D eigenvalue weighted by Crippen LogP contribution is -2.35. The first-order valence-electron chi connectivity index (χ1n) is 7.72. The number of carbonyl (C=O) groups is 1. The third-order valence-corrected chi connectivity index (χ3v) is 4.43. The Morgan fingerprint density at radius 1 is 1.30 bits per heavy atom. The normalized spacial score (nSPS) is 11.6. The molecule has 2 rings (SSSR count). The van der Waals surface area contributed by atoms with Crippen molar-refractivity contribution in [3.8, 4) is 0 Å². The average Bonchev–Trinajstić information content (AvgIpc) is 3.03. The molecule has 3 N–H and O–H groups in total. The highest BCUT2D eigenvalue weighted by molar-refractivity contribution is 7.09. The van der Waals surface area contributed by atoms with E-state index in [0.29, 0.717) is 12.2 Å². The summed E-state index contributed by atoms with van der Waals surface area (Å²) in [6.07, 6.45) is 3.94. The van der Waals surface area contributed by atoms with E-state index in [-0.39, 0.29) is 24.4 Å². The maximum absolute atomic E-state index is 12.3. The largest absolute Gasteiger partial charge is 0.348 e. The van der Waals surface area contributed by atoms with Gasteiger partial charge in [-0.3, -0.25) is 4.79 Å². The smallest absolute Gasteiger partial charge is 0.270 e. The Kier molecular flexibility index (Phi) is 8.84. The Morgan fingerprint density at radius 3 is 2.65 bits per heavy atom. The maximum Gasteiger partial charge on any atom is 0.270 e. The van der Waals surface area contributed by atoms with Crippen LogP contribution in [0.1, 0.15) is 47.2 Å². The first kappa shape index (κ1) is 19.6. The fourth-order valence-corrected chi connectivity index (χ4v) is 3.05. The minimum atomic E-state index is -0.0949. The van der Waals surface area contributed by atoms with Gasteiger partial charge in [-0.25, -0.2) is 4.98 Å². The average molecular weight is 354 g/mol. The van der Waals surface area contributed by atoms with Crippen molar-refractivity contribution < 1.29 is 4.79 Å². The van der Waals surface area contributed by atoms with Crippen molar-refractivity contribution >= 4 is 29.7 Å². The minimum absolute atomic E-state index is 0. The van der Waals surface area contributed by atoms with Crippen LogP contribution in [0.5, 0.6) is 0 Å². The molecule has 2 aromatic rings. The van der Waals surface area contributed by atoms with Gasteiger partial charge in [-0.1, -0.05) is 43.7 Å². The van der Waals surface area contributed by atoms with Crippen molar-refractivity contribution in [2.45, 2.75) is 45.2 Å². The van der Waals surface area contributed by atoms with Crippen LogP contribution in [-0.2, 0) is 13.0 Å². The summed E-state index contributed by atoms with van der Waals surface area (Å²) in [6, 6.07) is 10.5. The molecule has 0 radical (unpaired) electrons. The second-order valence-electron chi connectivity index (χ2n) is 5.31. The molecule has 0 saturated carbocycles. The van der Waals surface area contributed by atoms with Gasteiger partial charge in [0.1, 0.15) is 10.7 Å². The summed E-state index contributed by atoms with van der Waals surface area (Å²) in [4.78, 5) is 16.5. The monoisotopic (exact) mass is 353 g/mol. The number of nitrogens with zero attached hydrogens (tertiary/aromatic N) is 1. The van der Waals surface area contributed by atoms with Crippen LogP contribution in [0, 0.1) is 0 Å². The SMILES string of the molecule is CCCC(CCc1ccccc1)NC(=O)c1csc(CN)n1.Cl. The van der Waals surface area contributed by atoms with Crippen molar-refractivity contribution in [2.24, 2.45) is 5.73 Å². The van der Waals surface area contributed by atoms with Crippen molar-refractivity contribution in [1.82, 2.24) is 10.3 Å². The van der Waals surface area contributed by atoms with Gasteiger partial charge in [0, 0.05) is 18.0 Å². The summed E-state index contributed by atoms with van der Waals surface area (Å²) in [5, 5.41) is 5.67. The number of aryl methyl sites for hydroxylation is 1. The second-order valence-corrected chi connectivity index (χ2v) is 6.26. The Balaban J connectivity index is 0.00000264. The van der Waals surface area contributed by atoms with E-state index >= 15 is 0 Å². The highest BCUT2D eigenvalue weighted by Crippen LogP contribution is 2.12. The number of thiazole rings is 1. The molecule has 126 valence electrons. The molecule has 0 aliphatic rings. The number of nitrogens with one attached hydrogen (secondary N) is 1. The van der Waals surface area contributed by atoms with Crippen LogP contribution in [0.15, 0.2) is 35.7 Å². The molecule has 1 unspecified atom stereocenters. The molecule has 1 atom stereocenters. The molecule has 23 heavy (non-hydrogen) atoms. The van der Waals surface area contributed by atoms with Gasteiger partial charge in [0.15, 0.2) is 0 Å². The Bertz CT molecular complexity index is 589. The van der Waals surface area contributed by atoms with Crippen molar-refractivity contribution in [1.29, 1.82) is 0 Å². The Morgan fingerprint density at radius 2 is 2.04 bits per heavy atom. The van der Waals surface area contributed by atoms with E-state index in [1.165, 1.54) is 16.9 Å². The first-order chi connectivity index (χ1) is 10.7. The van der Waals surface area contributed by atoms with Crippen LogP contribution in [0.25, 0.3) is 0 Å². The number of halogens is 1. The van der Waals surface area contributed by atoms with Gasteiger partial charge < -0.3 is 11.1 Å². The van der Waals surface area contributed by atoms with Gasteiger partial charge in [-0.2, -0.15) is 0 Å². The number of nitrogens with two attached hydrogens (primary N) is 1. The van der Waals surface area contributed by atoms with E-state index in [2.05, 4.69) is 29.4 Å². The van der Waals surface area contributed by atoms with Gasteiger partial charge in [-0.15, -0.1) is 23.7 Å². The number of hydrogen-bond donors (Lipinski definition) is 2. The Hall–Kier alpha value is -1.43. The molecule has 4 nitrogen and oxygen atoms in total. The lowest BCUT2D eigenvalue weighted by atomic mass is 10.0. The predicted octanol–water partition coefficient (Wildman–Crippen LogP) is 3.55. The zero-order valence-corrected chi connectivity index (χ0v) is 15.0. The van der Waals surface area contributed by atoms with Gasteiger partial charge >= 0.3 is 0 Å². The zero-order chi connectivity index (χ0) is 15.8. The van der Waals surface area contributed by atoms with Gasteiger partial charge in [0.25, 0.3) is 5.91 Å². The van der Waals surface area contributed by atoms with Crippen molar-refractivity contribution in [2.75, 3.05) is 0 Å². The third-order valence-electron chi connectivity index (χ3n) is 3.56. The molecule has 0 spiro atoms. The molecule has 0 fully saturated rings. The molecule has 1 amide bonds. The Labute approximate surface area is 147 Å². The number of aromatic nitrogens is 1. The lowest BCUT2D eigenvalue weighted by molar-refractivity contribution is 0.0928. The summed E-state index contributed by atoms with van der Waals surface area (Å²) in [5.74, 6) is -0.0949. The fraction of sp³-hybridized carbons (Fsp3) is 0.412. The maximum atomic E-state index is 12.3. The number of benzene rings is 1. The second kappa shape index (κ2) is 10.4. The highest BCUT2D eigenvalue weighted by atomic mass is 35.5. The molecule has 6 heteroatoms. The lowest BCUT2D eigenvalue weighted by Gasteiger charge is -2.17. The van der Waals surface area contributed by atoms with E-state index in [4.69, 9.17) is 5.73 Å². The van der Waals surface area contributed by atoms with E-state index in [9.17, 15) is 4.79 Å². The quantitative estimate of drug-likeness (QED) is 0.762. The van der Waals surface area contributed by atoms with Gasteiger partial charge in [0.2, 0.25) is 0 Å². The number of rotatable bonds is 8. The summed E-state index contributed by atoms with van der Waals surface area (Å²) in [6.45, 7) is 2.52. The highest BCUT2D eigenvalue weighted by Gasteiger charge is 2.15. The van der Waals surface area contributed by atoms with E-state index < -0.39 is 0 Å². The molecular formula is C17H24ClN3OS. The molecule has 1 aromatic heterocycles. The van der Waals surface area contributed by atoms with Crippen LogP contribution in [0.4, 0.5) is 0 Å². The number of amides is 1. The topological polar surface area (TPSA) is 68.0 Å². The number of carbonyl (C=O) groups excluding carboxylic acids is 1. The van der Waals surface area contributed by atoms with Crippen molar-refractivity contribution in [3.05, 3.63) is 52.0 Å². The summed E-state index contributed by atoms with van der Waals surface area (Å²) in [7, 11) is 0.